The fourth-order valence-corrected chi connectivity index (χ4v) is 4.35. The van der Waals surface area contributed by atoms with E-state index in [2.05, 4.69) is 38.8 Å². The monoisotopic (exact) mass is 354 g/mol. The molecule has 2 aromatic heterocycles. The molecule has 20 heavy (non-hydrogen) atoms. The van der Waals surface area contributed by atoms with Gasteiger partial charge in [0.1, 0.15) is 0 Å². The highest BCUT2D eigenvalue weighted by Gasteiger charge is 2.19. The number of hydrogen-bond donors (Lipinski definition) is 1. The van der Waals surface area contributed by atoms with Crippen LogP contribution in [0.5, 0.6) is 0 Å². The zero-order valence-corrected chi connectivity index (χ0v) is 14.0. The second kappa shape index (κ2) is 6.00. The van der Waals surface area contributed by atoms with E-state index in [-0.39, 0.29) is 0 Å². The maximum absolute atomic E-state index is 10.3. The van der Waals surface area contributed by atoms with Gasteiger partial charge in [-0.25, -0.2) is 0 Å². The van der Waals surface area contributed by atoms with Crippen LogP contribution in [0.25, 0.3) is 0 Å². The van der Waals surface area contributed by atoms with E-state index in [9.17, 15) is 5.11 Å². The summed E-state index contributed by atoms with van der Waals surface area (Å²) in [5, 5.41) is 15.0. The Balaban J connectivity index is 1.68. The first-order valence-electron chi connectivity index (χ1n) is 7.11. The van der Waals surface area contributed by atoms with Crippen molar-refractivity contribution in [3.05, 3.63) is 38.3 Å². The molecule has 0 spiro atoms. The van der Waals surface area contributed by atoms with E-state index < -0.39 is 6.10 Å². The van der Waals surface area contributed by atoms with Gasteiger partial charge >= 0.3 is 0 Å². The van der Waals surface area contributed by atoms with E-state index in [1.54, 1.807) is 11.3 Å². The third-order valence-electron chi connectivity index (χ3n) is 3.97. The van der Waals surface area contributed by atoms with Gasteiger partial charge in [0.2, 0.25) is 0 Å². The van der Waals surface area contributed by atoms with Gasteiger partial charge in [0, 0.05) is 26.8 Å². The van der Waals surface area contributed by atoms with Crippen LogP contribution in [0, 0.1) is 6.92 Å². The summed E-state index contributed by atoms with van der Waals surface area (Å²) in [6, 6.07) is 4.62. The number of nitrogens with zero attached hydrogens (tertiary/aromatic N) is 2. The fraction of sp³-hybridized carbons (Fsp3) is 0.533. The maximum Gasteiger partial charge on any atom is 0.0938 e. The minimum absolute atomic E-state index is 0.461. The molecule has 0 bridgehead atoms. The van der Waals surface area contributed by atoms with Crippen molar-refractivity contribution in [2.45, 2.75) is 51.2 Å². The summed E-state index contributed by atoms with van der Waals surface area (Å²) in [6.45, 7) is 2.06. The average Bonchev–Trinajstić information content (AvgIpc) is 3.11. The molecule has 0 aliphatic heterocycles. The molecule has 0 aromatic carbocycles. The van der Waals surface area contributed by atoms with Gasteiger partial charge < -0.3 is 5.11 Å². The van der Waals surface area contributed by atoms with E-state index in [0.29, 0.717) is 12.5 Å². The van der Waals surface area contributed by atoms with E-state index in [1.165, 1.54) is 30.6 Å². The molecule has 2 heterocycles. The zero-order chi connectivity index (χ0) is 14.1. The molecule has 108 valence electrons. The molecule has 0 radical (unpaired) electrons. The molecule has 0 saturated heterocycles. The van der Waals surface area contributed by atoms with E-state index >= 15 is 0 Å². The second-order valence-electron chi connectivity index (χ2n) is 5.50. The molecule has 1 saturated carbocycles. The molecule has 5 heteroatoms. The van der Waals surface area contributed by atoms with Gasteiger partial charge in [-0.1, -0.05) is 12.8 Å². The van der Waals surface area contributed by atoms with Crippen molar-refractivity contribution in [3.8, 4) is 0 Å². The van der Waals surface area contributed by atoms with Gasteiger partial charge in [0.25, 0.3) is 0 Å². The first-order valence-corrected chi connectivity index (χ1v) is 8.72. The lowest BCUT2D eigenvalue weighted by atomic mass is 10.2. The third-order valence-corrected chi connectivity index (χ3v) is 6.21. The van der Waals surface area contributed by atoms with Gasteiger partial charge in [-0.2, -0.15) is 5.10 Å². The van der Waals surface area contributed by atoms with Crippen molar-refractivity contribution in [2.75, 3.05) is 0 Å². The molecule has 1 aliphatic carbocycles. The highest BCUT2D eigenvalue weighted by atomic mass is 79.9. The summed E-state index contributed by atoms with van der Waals surface area (Å²) in [5.41, 5.74) is 0.978. The smallest absolute Gasteiger partial charge is 0.0938 e. The van der Waals surface area contributed by atoms with Crippen molar-refractivity contribution in [1.29, 1.82) is 0 Å². The summed E-state index contributed by atoms with van der Waals surface area (Å²) >= 11 is 5.14. The van der Waals surface area contributed by atoms with Gasteiger partial charge in [0.05, 0.1) is 17.8 Å². The lowest BCUT2D eigenvalue weighted by molar-refractivity contribution is 0.180. The first kappa shape index (κ1) is 14.3. The van der Waals surface area contributed by atoms with Crippen LogP contribution in [-0.4, -0.2) is 14.9 Å². The van der Waals surface area contributed by atoms with E-state index in [4.69, 9.17) is 0 Å². The molecule has 1 unspecified atom stereocenters. The van der Waals surface area contributed by atoms with Crippen LogP contribution >= 0.6 is 27.3 Å². The molecular weight excluding hydrogens is 336 g/mol. The minimum atomic E-state index is -0.461. The Morgan fingerprint density at radius 1 is 1.50 bits per heavy atom. The maximum atomic E-state index is 10.3. The standard InChI is InChI=1S/C15H19BrN2OS/c1-10-13(16)9-15(20-10)14(19)8-11-6-7-18(17-11)12-4-2-3-5-12/h6-7,9,12,14,19H,2-5,8H2,1H3. The zero-order valence-electron chi connectivity index (χ0n) is 11.6. The van der Waals surface area contributed by atoms with Crippen molar-refractivity contribution in [2.24, 2.45) is 0 Å². The Morgan fingerprint density at radius 2 is 2.25 bits per heavy atom. The third kappa shape index (κ3) is 3.00. The van der Waals surface area contributed by atoms with Crippen LogP contribution in [0.15, 0.2) is 22.8 Å². The van der Waals surface area contributed by atoms with Crippen LogP contribution in [0.2, 0.25) is 0 Å². The molecule has 3 nitrogen and oxygen atoms in total. The normalized spacial score (nSPS) is 17.8. The van der Waals surface area contributed by atoms with Gasteiger partial charge in [0.15, 0.2) is 0 Å². The van der Waals surface area contributed by atoms with Crippen molar-refractivity contribution in [3.63, 3.8) is 0 Å². The van der Waals surface area contributed by atoms with Crippen molar-refractivity contribution >= 4 is 27.3 Å². The molecule has 0 amide bonds. The predicted octanol–water partition coefficient (Wildman–Crippen LogP) is 4.41. The Labute approximate surface area is 131 Å². The van der Waals surface area contributed by atoms with Crippen LogP contribution in [-0.2, 0) is 6.42 Å². The number of aliphatic hydroxyl groups excluding tert-OH is 1. The SMILES string of the molecule is Cc1sc(C(O)Cc2ccn(C3CCCC3)n2)cc1Br. The summed E-state index contributed by atoms with van der Waals surface area (Å²) in [5.74, 6) is 0. The largest absolute Gasteiger partial charge is 0.387 e. The van der Waals surface area contributed by atoms with Gasteiger partial charge in [-0.15, -0.1) is 11.3 Å². The number of hydrogen-bond acceptors (Lipinski definition) is 3. The Morgan fingerprint density at radius 3 is 2.90 bits per heavy atom. The molecular formula is C15H19BrN2OS. The Bertz CT molecular complexity index is 567. The van der Waals surface area contributed by atoms with Gasteiger partial charge in [-0.3, -0.25) is 4.68 Å². The Kier molecular flexibility index (Phi) is 4.29. The highest BCUT2D eigenvalue weighted by molar-refractivity contribution is 9.10. The van der Waals surface area contributed by atoms with Crippen LogP contribution in [0.3, 0.4) is 0 Å². The van der Waals surface area contributed by atoms with Crippen LogP contribution < -0.4 is 0 Å². The first-order chi connectivity index (χ1) is 9.63. The molecule has 1 atom stereocenters. The van der Waals surface area contributed by atoms with E-state index in [1.807, 2.05) is 12.1 Å². The molecule has 1 fully saturated rings. The average molecular weight is 355 g/mol. The number of rotatable bonds is 4. The lowest BCUT2D eigenvalue weighted by Gasteiger charge is -2.09. The van der Waals surface area contributed by atoms with Crippen LogP contribution in [0.1, 0.15) is 53.3 Å². The number of halogens is 1. The summed E-state index contributed by atoms with van der Waals surface area (Å²) in [7, 11) is 0. The second-order valence-corrected chi connectivity index (χ2v) is 7.64. The summed E-state index contributed by atoms with van der Waals surface area (Å²) < 4.78 is 3.16. The predicted molar refractivity (Wildman–Crippen MR) is 85.2 cm³/mol. The number of aryl methyl sites for hydroxylation is 1. The highest BCUT2D eigenvalue weighted by Crippen LogP contribution is 2.32. The lowest BCUT2D eigenvalue weighted by Crippen LogP contribution is -2.07. The molecule has 1 N–H and O–H groups in total. The fourth-order valence-electron chi connectivity index (χ4n) is 2.80. The number of aromatic nitrogens is 2. The Hall–Kier alpha value is -0.650. The summed E-state index contributed by atoms with van der Waals surface area (Å²) in [6.07, 6.45) is 7.29. The van der Waals surface area contributed by atoms with E-state index in [0.717, 1.165) is 15.0 Å². The molecule has 3 rings (SSSR count). The minimum Gasteiger partial charge on any atom is -0.387 e. The van der Waals surface area contributed by atoms with Crippen LogP contribution in [0.4, 0.5) is 0 Å². The quantitative estimate of drug-likeness (QED) is 0.882. The number of aliphatic hydroxyl groups is 1. The van der Waals surface area contributed by atoms with Gasteiger partial charge in [-0.05, 0) is 47.8 Å². The van der Waals surface area contributed by atoms with Crippen molar-refractivity contribution in [1.82, 2.24) is 9.78 Å². The molecule has 2 aromatic rings. The van der Waals surface area contributed by atoms with Crippen molar-refractivity contribution < 1.29 is 5.11 Å². The molecule has 1 aliphatic rings. The summed E-state index contributed by atoms with van der Waals surface area (Å²) in [4.78, 5) is 2.21. The number of thiophene rings is 1. The topological polar surface area (TPSA) is 38.0 Å².